The molecule has 0 aliphatic carbocycles. The SMILES string of the molecule is CC1(C)CCSCC1(O)Cc1cnccc1N. The van der Waals surface area contributed by atoms with E-state index in [1.54, 1.807) is 18.5 Å². The second-order valence-electron chi connectivity index (χ2n) is 5.47. The normalized spacial score (nSPS) is 27.9. The number of thioether (sulfide) groups is 1. The highest BCUT2D eigenvalue weighted by atomic mass is 32.2. The molecule has 94 valence electrons. The van der Waals surface area contributed by atoms with E-state index in [2.05, 4.69) is 18.8 Å². The maximum atomic E-state index is 10.9. The second kappa shape index (κ2) is 4.50. The van der Waals surface area contributed by atoms with E-state index < -0.39 is 5.60 Å². The summed E-state index contributed by atoms with van der Waals surface area (Å²) in [6.45, 7) is 4.28. The lowest BCUT2D eigenvalue weighted by Gasteiger charge is -2.46. The molecule has 3 N–H and O–H groups in total. The number of rotatable bonds is 2. The Bertz CT molecular complexity index is 408. The van der Waals surface area contributed by atoms with Gasteiger partial charge >= 0.3 is 0 Å². The third-order valence-electron chi connectivity index (χ3n) is 3.90. The van der Waals surface area contributed by atoms with E-state index in [1.165, 1.54) is 0 Å². The van der Waals surface area contributed by atoms with Crippen LogP contribution in [-0.4, -0.2) is 27.2 Å². The maximum Gasteiger partial charge on any atom is 0.0830 e. The highest BCUT2D eigenvalue weighted by Crippen LogP contribution is 2.44. The fourth-order valence-corrected chi connectivity index (χ4v) is 3.82. The van der Waals surface area contributed by atoms with Gasteiger partial charge in [0.05, 0.1) is 5.60 Å². The lowest BCUT2D eigenvalue weighted by molar-refractivity contribution is -0.0512. The van der Waals surface area contributed by atoms with E-state index in [0.29, 0.717) is 6.42 Å². The summed E-state index contributed by atoms with van der Waals surface area (Å²) >= 11 is 1.82. The molecule has 1 aromatic heterocycles. The Morgan fingerprint density at radius 3 is 2.94 bits per heavy atom. The van der Waals surface area contributed by atoms with Crippen molar-refractivity contribution in [1.82, 2.24) is 4.98 Å². The van der Waals surface area contributed by atoms with Gasteiger partial charge in [0.15, 0.2) is 0 Å². The second-order valence-corrected chi connectivity index (χ2v) is 6.57. The van der Waals surface area contributed by atoms with Crippen LogP contribution in [0.15, 0.2) is 18.5 Å². The first-order valence-corrected chi connectivity index (χ1v) is 7.09. The highest BCUT2D eigenvalue weighted by Gasteiger charge is 2.45. The van der Waals surface area contributed by atoms with E-state index >= 15 is 0 Å². The standard InChI is InChI=1S/C13H20N2OS/c1-12(2)4-6-17-9-13(12,16)7-10-8-15-5-3-11(10)14/h3,5,8,16H,4,6-7,9H2,1-2H3,(H2,14,15). The summed E-state index contributed by atoms with van der Waals surface area (Å²) in [4.78, 5) is 4.09. The zero-order valence-corrected chi connectivity index (χ0v) is 11.3. The Morgan fingerprint density at radius 1 is 1.53 bits per heavy atom. The first-order chi connectivity index (χ1) is 7.95. The lowest BCUT2D eigenvalue weighted by atomic mass is 9.70. The van der Waals surface area contributed by atoms with Crippen LogP contribution in [0.3, 0.4) is 0 Å². The van der Waals surface area contributed by atoms with Gasteiger partial charge in [-0.25, -0.2) is 0 Å². The van der Waals surface area contributed by atoms with Gasteiger partial charge in [-0.15, -0.1) is 0 Å². The smallest absolute Gasteiger partial charge is 0.0830 e. The minimum atomic E-state index is -0.687. The third kappa shape index (κ3) is 2.43. The van der Waals surface area contributed by atoms with Gasteiger partial charge in [0, 0.05) is 30.3 Å². The molecule has 1 aliphatic rings. The van der Waals surface area contributed by atoms with Crippen LogP contribution in [0.5, 0.6) is 0 Å². The molecule has 0 bridgehead atoms. The van der Waals surface area contributed by atoms with E-state index in [1.807, 2.05) is 11.8 Å². The average Bonchev–Trinajstić information content (AvgIpc) is 2.26. The van der Waals surface area contributed by atoms with E-state index in [0.717, 1.165) is 29.2 Å². The summed E-state index contributed by atoms with van der Waals surface area (Å²) in [5.41, 5.74) is 6.84. The molecule has 0 radical (unpaired) electrons. The van der Waals surface area contributed by atoms with E-state index in [4.69, 9.17) is 5.73 Å². The predicted molar refractivity (Wildman–Crippen MR) is 73.0 cm³/mol. The number of hydrogen-bond donors (Lipinski definition) is 2. The van der Waals surface area contributed by atoms with Crippen LogP contribution in [0.1, 0.15) is 25.8 Å². The minimum absolute atomic E-state index is 0.0689. The molecule has 1 aliphatic heterocycles. The number of pyridine rings is 1. The van der Waals surface area contributed by atoms with Crippen molar-refractivity contribution in [3.63, 3.8) is 0 Å². The first-order valence-electron chi connectivity index (χ1n) is 5.93. The topological polar surface area (TPSA) is 59.1 Å². The molecule has 1 atom stereocenters. The molecule has 2 rings (SSSR count). The van der Waals surface area contributed by atoms with Crippen molar-refractivity contribution in [3.05, 3.63) is 24.0 Å². The Labute approximate surface area is 107 Å². The summed E-state index contributed by atoms with van der Waals surface area (Å²) in [6, 6.07) is 1.79. The molecule has 0 amide bonds. The molecule has 0 spiro atoms. The molecule has 2 heterocycles. The zero-order valence-electron chi connectivity index (χ0n) is 10.4. The van der Waals surface area contributed by atoms with Crippen LogP contribution in [0.4, 0.5) is 5.69 Å². The molecular formula is C13H20N2OS. The van der Waals surface area contributed by atoms with Crippen LogP contribution >= 0.6 is 11.8 Å². The minimum Gasteiger partial charge on any atom is -0.398 e. The molecule has 4 heteroatoms. The van der Waals surface area contributed by atoms with Gasteiger partial charge in [0.2, 0.25) is 0 Å². The average molecular weight is 252 g/mol. The van der Waals surface area contributed by atoms with Gasteiger partial charge in [-0.2, -0.15) is 11.8 Å². The largest absolute Gasteiger partial charge is 0.398 e. The van der Waals surface area contributed by atoms with Crippen LogP contribution < -0.4 is 5.73 Å². The van der Waals surface area contributed by atoms with Crippen LogP contribution in [0, 0.1) is 5.41 Å². The van der Waals surface area contributed by atoms with Crippen molar-refractivity contribution < 1.29 is 5.11 Å². The van der Waals surface area contributed by atoms with E-state index in [9.17, 15) is 5.11 Å². The van der Waals surface area contributed by atoms with Gasteiger partial charge < -0.3 is 10.8 Å². The van der Waals surface area contributed by atoms with Gasteiger partial charge in [0.25, 0.3) is 0 Å². The van der Waals surface area contributed by atoms with Crippen molar-refractivity contribution in [3.8, 4) is 0 Å². The number of nitrogens with zero attached hydrogens (tertiary/aromatic N) is 1. The number of aliphatic hydroxyl groups is 1. The van der Waals surface area contributed by atoms with Crippen molar-refractivity contribution in [1.29, 1.82) is 0 Å². The molecule has 0 saturated carbocycles. The van der Waals surface area contributed by atoms with Crippen molar-refractivity contribution in [2.45, 2.75) is 32.3 Å². The highest BCUT2D eigenvalue weighted by molar-refractivity contribution is 7.99. The summed E-state index contributed by atoms with van der Waals surface area (Å²) < 4.78 is 0. The van der Waals surface area contributed by atoms with Gasteiger partial charge in [-0.05, 0) is 29.2 Å². The van der Waals surface area contributed by atoms with Crippen LogP contribution in [-0.2, 0) is 6.42 Å². The van der Waals surface area contributed by atoms with Crippen molar-refractivity contribution in [2.75, 3.05) is 17.2 Å². The molecule has 17 heavy (non-hydrogen) atoms. The van der Waals surface area contributed by atoms with Gasteiger partial charge in [0.1, 0.15) is 0 Å². The van der Waals surface area contributed by atoms with Gasteiger partial charge in [-0.1, -0.05) is 13.8 Å². The predicted octanol–water partition coefficient (Wildman–Crippen LogP) is 2.10. The summed E-state index contributed by atoms with van der Waals surface area (Å²) in [7, 11) is 0. The molecule has 0 aromatic carbocycles. The number of hydrogen-bond acceptors (Lipinski definition) is 4. The monoisotopic (exact) mass is 252 g/mol. The number of anilines is 1. The fraction of sp³-hybridized carbons (Fsp3) is 0.615. The van der Waals surface area contributed by atoms with Gasteiger partial charge in [-0.3, -0.25) is 4.98 Å². The molecule has 1 aromatic rings. The van der Waals surface area contributed by atoms with E-state index in [-0.39, 0.29) is 5.41 Å². The molecule has 1 fully saturated rings. The molecule has 1 saturated heterocycles. The number of aromatic nitrogens is 1. The van der Waals surface area contributed by atoms with Crippen molar-refractivity contribution in [2.24, 2.45) is 5.41 Å². The Hall–Kier alpha value is -0.740. The third-order valence-corrected chi connectivity index (χ3v) is 5.07. The molecular weight excluding hydrogens is 232 g/mol. The zero-order chi connectivity index (χ0) is 12.5. The number of nitrogen functional groups attached to an aromatic ring is 1. The molecule has 3 nitrogen and oxygen atoms in total. The Morgan fingerprint density at radius 2 is 2.29 bits per heavy atom. The summed E-state index contributed by atoms with van der Waals surface area (Å²) in [6.07, 6.45) is 5.08. The Balaban J connectivity index is 2.24. The Kier molecular flexibility index (Phi) is 3.36. The fourth-order valence-electron chi connectivity index (χ4n) is 2.19. The maximum absolute atomic E-state index is 10.9. The van der Waals surface area contributed by atoms with Crippen LogP contribution in [0.2, 0.25) is 0 Å². The number of nitrogens with two attached hydrogens (primary N) is 1. The van der Waals surface area contributed by atoms with Crippen molar-refractivity contribution >= 4 is 17.4 Å². The quantitative estimate of drug-likeness (QED) is 0.846. The lowest BCUT2D eigenvalue weighted by Crippen LogP contribution is -2.51. The summed E-state index contributed by atoms with van der Waals surface area (Å²) in [5.74, 6) is 1.90. The molecule has 1 unspecified atom stereocenters. The summed E-state index contributed by atoms with van der Waals surface area (Å²) in [5, 5.41) is 10.9. The first kappa shape index (κ1) is 12.7. The van der Waals surface area contributed by atoms with Crippen LogP contribution in [0.25, 0.3) is 0 Å².